The molecule has 0 saturated heterocycles. The molecule has 210 valence electrons. The molecule has 1 heterocycles. The first-order chi connectivity index (χ1) is 18.3. The minimum absolute atomic E-state index is 0.0324. The lowest BCUT2D eigenvalue weighted by atomic mass is 9.85. The van der Waals surface area contributed by atoms with Crippen LogP contribution in [0.1, 0.15) is 56.6 Å². The van der Waals surface area contributed by atoms with Crippen LogP contribution in [0, 0.1) is 12.3 Å². The van der Waals surface area contributed by atoms with Gasteiger partial charge < -0.3 is 20.7 Å². The first-order valence-electron chi connectivity index (χ1n) is 12.3. The minimum atomic E-state index is -0.807. The Bertz CT molecular complexity index is 1260. The molecule has 4 amide bonds. The van der Waals surface area contributed by atoms with Crippen LogP contribution in [-0.4, -0.2) is 42.3 Å². The molecule has 1 aromatic carbocycles. The zero-order valence-corrected chi connectivity index (χ0v) is 23.7. The van der Waals surface area contributed by atoms with Crippen LogP contribution >= 0.6 is 11.6 Å². The molecule has 2 rings (SSSR count). The van der Waals surface area contributed by atoms with Crippen LogP contribution in [0.25, 0.3) is 0 Å². The number of rotatable bonds is 11. The van der Waals surface area contributed by atoms with E-state index in [2.05, 4.69) is 31.8 Å². The van der Waals surface area contributed by atoms with E-state index in [1.807, 2.05) is 0 Å². The molecule has 1 aromatic heterocycles. The van der Waals surface area contributed by atoms with Crippen LogP contribution in [0.3, 0.4) is 0 Å². The highest BCUT2D eigenvalue weighted by Gasteiger charge is 2.27. The molecule has 0 radical (unpaired) electrons. The van der Waals surface area contributed by atoms with Gasteiger partial charge in [0.15, 0.2) is 0 Å². The van der Waals surface area contributed by atoms with E-state index < -0.39 is 29.0 Å². The average Bonchev–Trinajstić information content (AvgIpc) is 2.85. The second-order valence-corrected chi connectivity index (χ2v) is 9.95. The standard InChI is InChI=1S/C27H35ClN6O5/c1-7-39-20-12-11-18(28)13-19(20)25(37)34-33-23(36)15-27(4,5)14-22(35)32-24(17(3)29-6)26(38)31-21-10-8-9-16(2)30-21/h8-13,29H,7,14-15H2,1-6H3,(H,32,35)(H,33,36)(H,34,37)(H,30,31,38)/b24-17+. The van der Waals surface area contributed by atoms with Crippen molar-refractivity contribution in [3.8, 4) is 5.75 Å². The first-order valence-corrected chi connectivity index (χ1v) is 12.7. The van der Waals surface area contributed by atoms with Crippen LogP contribution in [-0.2, 0) is 14.4 Å². The Kier molecular flexibility index (Phi) is 11.3. The predicted octanol–water partition coefficient (Wildman–Crippen LogP) is 3.22. The van der Waals surface area contributed by atoms with E-state index in [0.717, 1.165) is 5.69 Å². The highest BCUT2D eigenvalue weighted by atomic mass is 35.5. The highest BCUT2D eigenvalue weighted by molar-refractivity contribution is 6.31. The summed E-state index contributed by atoms with van der Waals surface area (Å²) in [6.45, 7) is 9.03. The number of aromatic nitrogens is 1. The van der Waals surface area contributed by atoms with Crippen molar-refractivity contribution < 1.29 is 23.9 Å². The number of nitrogens with zero attached hydrogens (tertiary/aromatic N) is 1. The summed E-state index contributed by atoms with van der Waals surface area (Å²) in [6.07, 6.45) is -0.161. The van der Waals surface area contributed by atoms with E-state index in [1.165, 1.54) is 6.07 Å². The number of benzene rings is 1. The van der Waals surface area contributed by atoms with E-state index in [0.29, 0.717) is 28.9 Å². The van der Waals surface area contributed by atoms with Crippen molar-refractivity contribution in [2.75, 3.05) is 19.0 Å². The number of aryl methyl sites for hydroxylation is 1. The van der Waals surface area contributed by atoms with Gasteiger partial charge in [-0.25, -0.2) is 4.98 Å². The van der Waals surface area contributed by atoms with Gasteiger partial charge in [0, 0.05) is 36.3 Å². The summed E-state index contributed by atoms with van der Waals surface area (Å²) in [6, 6.07) is 9.80. The summed E-state index contributed by atoms with van der Waals surface area (Å²) in [5.41, 5.74) is 5.27. The third-order valence-electron chi connectivity index (χ3n) is 5.45. The summed E-state index contributed by atoms with van der Waals surface area (Å²) < 4.78 is 5.44. The van der Waals surface area contributed by atoms with E-state index in [9.17, 15) is 19.2 Å². The van der Waals surface area contributed by atoms with Crippen LogP contribution < -0.4 is 31.5 Å². The Morgan fingerprint density at radius 1 is 1.03 bits per heavy atom. The van der Waals surface area contributed by atoms with Crippen LogP contribution in [0.4, 0.5) is 5.82 Å². The normalized spacial score (nSPS) is 11.6. The Morgan fingerprint density at radius 2 is 1.72 bits per heavy atom. The zero-order chi connectivity index (χ0) is 29.2. The fourth-order valence-corrected chi connectivity index (χ4v) is 3.72. The maximum absolute atomic E-state index is 12.9. The largest absolute Gasteiger partial charge is 0.493 e. The SMILES string of the molecule is CCOc1ccc(Cl)cc1C(=O)NNC(=O)CC(C)(C)CC(=O)N/C(C(=O)Nc1cccc(C)n1)=C(\C)NC. The molecule has 0 aliphatic heterocycles. The van der Waals surface area contributed by atoms with Crippen molar-refractivity contribution in [3.05, 3.63) is 64.1 Å². The van der Waals surface area contributed by atoms with Crippen molar-refractivity contribution >= 4 is 41.0 Å². The molecular formula is C27H35ClN6O5. The molecule has 0 aliphatic carbocycles. The zero-order valence-electron chi connectivity index (χ0n) is 23.0. The summed E-state index contributed by atoms with van der Waals surface area (Å²) in [4.78, 5) is 55.1. The van der Waals surface area contributed by atoms with Gasteiger partial charge in [-0.15, -0.1) is 0 Å². The molecule has 0 spiro atoms. The number of nitrogens with one attached hydrogen (secondary N) is 5. The number of halogens is 1. The van der Waals surface area contributed by atoms with Gasteiger partial charge in [0.1, 0.15) is 17.3 Å². The van der Waals surface area contributed by atoms with Gasteiger partial charge in [0.25, 0.3) is 11.8 Å². The van der Waals surface area contributed by atoms with Crippen molar-refractivity contribution in [3.63, 3.8) is 0 Å². The fourth-order valence-electron chi connectivity index (χ4n) is 3.55. The maximum atomic E-state index is 12.9. The Labute approximate surface area is 233 Å². The first kappa shape index (κ1) is 31.1. The van der Waals surface area contributed by atoms with Gasteiger partial charge in [-0.1, -0.05) is 31.5 Å². The summed E-state index contributed by atoms with van der Waals surface area (Å²) in [7, 11) is 1.63. The molecule has 0 bridgehead atoms. The third-order valence-corrected chi connectivity index (χ3v) is 5.69. The second-order valence-electron chi connectivity index (χ2n) is 9.51. The monoisotopic (exact) mass is 558 g/mol. The predicted molar refractivity (Wildman–Crippen MR) is 149 cm³/mol. The molecule has 0 atom stereocenters. The number of hydrogen-bond acceptors (Lipinski definition) is 7. The van der Waals surface area contributed by atoms with E-state index in [4.69, 9.17) is 16.3 Å². The quantitative estimate of drug-likeness (QED) is 0.210. The summed E-state index contributed by atoms with van der Waals surface area (Å²) in [5.74, 6) is -1.44. The van der Waals surface area contributed by atoms with Gasteiger partial charge in [0.2, 0.25) is 11.8 Å². The van der Waals surface area contributed by atoms with Crippen molar-refractivity contribution in [1.82, 2.24) is 26.5 Å². The molecule has 0 unspecified atom stereocenters. The maximum Gasteiger partial charge on any atom is 0.275 e. The lowest BCUT2D eigenvalue weighted by Crippen LogP contribution is -2.44. The Hall–Kier alpha value is -4.12. The fraction of sp³-hybridized carbons (Fsp3) is 0.370. The molecule has 5 N–H and O–H groups in total. The van der Waals surface area contributed by atoms with Gasteiger partial charge in [-0.3, -0.25) is 30.0 Å². The number of hydrazine groups is 1. The molecule has 39 heavy (non-hydrogen) atoms. The number of anilines is 1. The van der Waals surface area contributed by atoms with E-state index in [1.54, 1.807) is 72.0 Å². The number of hydrogen-bond donors (Lipinski definition) is 5. The molecule has 0 fully saturated rings. The number of allylic oxidation sites excluding steroid dienone is 1. The van der Waals surface area contributed by atoms with Gasteiger partial charge in [-0.2, -0.15) is 0 Å². The number of carbonyl (C=O) groups excluding carboxylic acids is 4. The van der Waals surface area contributed by atoms with Gasteiger partial charge in [-0.05, 0) is 56.5 Å². The van der Waals surface area contributed by atoms with Crippen molar-refractivity contribution in [1.29, 1.82) is 0 Å². The Balaban J connectivity index is 1.98. The van der Waals surface area contributed by atoms with Crippen LogP contribution in [0.15, 0.2) is 47.8 Å². The van der Waals surface area contributed by atoms with E-state index in [-0.39, 0.29) is 24.1 Å². The average molecular weight is 559 g/mol. The molecule has 0 aliphatic rings. The topological polar surface area (TPSA) is 151 Å². The third kappa shape index (κ3) is 9.93. The number of amides is 4. The lowest BCUT2D eigenvalue weighted by Gasteiger charge is -2.24. The lowest BCUT2D eigenvalue weighted by molar-refractivity contribution is -0.127. The van der Waals surface area contributed by atoms with Crippen LogP contribution in [0.5, 0.6) is 5.75 Å². The summed E-state index contributed by atoms with van der Waals surface area (Å²) >= 11 is 5.99. The Morgan fingerprint density at radius 3 is 2.36 bits per heavy atom. The summed E-state index contributed by atoms with van der Waals surface area (Å²) in [5, 5.41) is 8.51. The highest BCUT2D eigenvalue weighted by Crippen LogP contribution is 2.25. The molecule has 2 aromatic rings. The second kappa shape index (κ2) is 14.1. The van der Waals surface area contributed by atoms with Gasteiger partial charge in [0.05, 0.1) is 12.2 Å². The van der Waals surface area contributed by atoms with Crippen molar-refractivity contribution in [2.24, 2.45) is 5.41 Å². The number of pyridine rings is 1. The number of carbonyl (C=O) groups is 4. The smallest absolute Gasteiger partial charge is 0.275 e. The minimum Gasteiger partial charge on any atom is -0.493 e. The molecule has 11 nitrogen and oxygen atoms in total. The number of ether oxygens (including phenoxy) is 1. The van der Waals surface area contributed by atoms with Crippen LogP contribution in [0.2, 0.25) is 5.02 Å². The van der Waals surface area contributed by atoms with Gasteiger partial charge >= 0.3 is 0 Å². The van der Waals surface area contributed by atoms with Crippen molar-refractivity contribution in [2.45, 2.75) is 47.5 Å². The van der Waals surface area contributed by atoms with E-state index >= 15 is 0 Å². The molecule has 12 heteroatoms. The molecule has 0 saturated carbocycles. The molecular weight excluding hydrogens is 524 g/mol.